The number of amides is 1. The van der Waals surface area contributed by atoms with Gasteiger partial charge in [0.1, 0.15) is 0 Å². The third-order valence-corrected chi connectivity index (χ3v) is 3.43. The van der Waals surface area contributed by atoms with E-state index in [-0.39, 0.29) is 12.3 Å². The van der Waals surface area contributed by atoms with Gasteiger partial charge in [0, 0.05) is 16.3 Å². The summed E-state index contributed by atoms with van der Waals surface area (Å²) < 4.78 is 5.20. The average molecular weight is 328 g/mol. The highest BCUT2D eigenvalue weighted by atomic mass is 35.5. The van der Waals surface area contributed by atoms with Crippen LogP contribution in [0.4, 0.5) is 5.69 Å². The number of nitrogens with zero attached hydrogens (tertiary/aromatic N) is 2. The normalized spacial score (nSPS) is 10.5. The van der Waals surface area contributed by atoms with Crippen molar-refractivity contribution < 1.29 is 9.32 Å². The van der Waals surface area contributed by atoms with Crippen molar-refractivity contribution in [1.29, 1.82) is 0 Å². The van der Waals surface area contributed by atoms with Crippen LogP contribution in [0.3, 0.4) is 0 Å². The summed E-state index contributed by atoms with van der Waals surface area (Å²) in [6.45, 7) is 2.00. The molecular weight excluding hydrogens is 314 g/mol. The van der Waals surface area contributed by atoms with Crippen molar-refractivity contribution in [1.82, 2.24) is 10.1 Å². The average Bonchev–Trinajstić information content (AvgIpc) is 2.96. The van der Waals surface area contributed by atoms with Crippen LogP contribution in [0.5, 0.6) is 0 Å². The maximum Gasteiger partial charge on any atom is 0.257 e. The molecule has 2 aromatic carbocycles. The molecule has 0 fully saturated rings. The number of carbonyl (C=O) groups is 1. The lowest BCUT2D eigenvalue weighted by Crippen LogP contribution is -2.15. The Morgan fingerprint density at radius 2 is 2.00 bits per heavy atom. The Hall–Kier alpha value is -2.66. The van der Waals surface area contributed by atoms with Gasteiger partial charge < -0.3 is 9.84 Å². The van der Waals surface area contributed by atoms with Crippen molar-refractivity contribution >= 4 is 23.2 Å². The van der Waals surface area contributed by atoms with E-state index in [9.17, 15) is 4.79 Å². The van der Waals surface area contributed by atoms with Crippen molar-refractivity contribution in [2.24, 2.45) is 0 Å². The van der Waals surface area contributed by atoms with E-state index in [1.807, 2.05) is 31.2 Å². The van der Waals surface area contributed by atoms with E-state index in [4.69, 9.17) is 16.1 Å². The quantitative estimate of drug-likeness (QED) is 0.789. The van der Waals surface area contributed by atoms with Gasteiger partial charge in [-0.3, -0.25) is 4.79 Å². The molecule has 0 aliphatic carbocycles. The lowest BCUT2D eigenvalue weighted by molar-refractivity contribution is -0.115. The van der Waals surface area contributed by atoms with E-state index in [0.29, 0.717) is 22.4 Å². The van der Waals surface area contributed by atoms with E-state index in [0.717, 1.165) is 11.1 Å². The Balaban J connectivity index is 1.66. The first kappa shape index (κ1) is 15.2. The Morgan fingerprint density at radius 1 is 1.22 bits per heavy atom. The summed E-state index contributed by atoms with van der Waals surface area (Å²) in [7, 11) is 0. The van der Waals surface area contributed by atoms with Gasteiger partial charge in [-0.1, -0.05) is 40.5 Å². The number of hydrogen-bond acceptors (Lipinski definition) is 4. The van der Waals surface area contributed by atoms with Crippen molar-refractivity contribution in [3.05, 3.63) is 64.9 Å². The number of carbonyl (C=O) groups excluding carboxylic acids is 1. The number of anilines is 1. The second-order valence-electron chi connectivity index (χ2n) is 5.12. The van der Waals surface area contributed by atoms with E-state index in [1.165, 1.54) is 0 Å². The van der Waals surface area contributed by atoms with Crippen LogP contribution in [0.15, 0.2) is 53.1 Å². The van der Waals surface area contributed by atoms with Crippen LogP contribution in [-0.4, -0.2) is 16.0 Å². The fraction of sp³-hybridized carbons (Fsp3) is 0.118. The molecule has 0 unspecified atom stereocenters. The molecule has 0 saturated carbocycles. The van der Waals surface area contributed by atoms with Gasteiger partial charge >= 0.3 is 0 Å². The number of rotatable bonds is 4. The number of halogens is 1. The van der Waals surface area contributed by atoms with E-state index >= 15 is 0 Å². The third-order valence-electron chi connectivity index (χ3n) is 3.19. The summed E-state index contributed by atoms with van der Waals surface area (Å²) in [6.07, 6.45) is 0.0296. The molecule has 1 N–H and O–H groups in total. The number of hydrogen-bond donors (Lipinski definition) is 1. The summed E-state index contributed by atoms with van der Waals surface area (Å²) in [6, 6.07) is 14.7. The molecule has 6 heteroatoms. The van der Waals surface area contributed by atoms with E-state index in [1.54, 1.807) is 24.3 Å². The fourth-order valence-electron chi connectivity index (χ4n) is 2.05. The van der Waals surface area contributed by atoms with Crippen LogP contribution in [0, 0.1) is 6.92 Å². The summed E-state index contributed by atoms with van der Waals surface area (Å²) in [4.78, 5) is 16.3. The minimum atomic E-state index is -0.233. The fourth-order valence-corrected chi connectivity index (χ4v) is 2.24. The predicted molar refractivity (Wildman–Crippen MR) is 88.3 cm³/mol. The van der Waals surface area contributed by atoms with Crippen molar-refractivity contribution in [3.63, 3.8) is 0 Å². The number of benzene rings is 2. The summed E-state index contributed by atoms with van der Waals surface area (Å²) in [5.41, 5.74) is 2.60. The first-order valence-corrected chi connectivity index (χ1v) is 7.43. The molecule has 1 amide bonds. The molecule has 0 atom stereocenters. The minimum Gasteiger partial charge on any atom is -0.334 e. The van der Waals surface area contributed by atoms with Crippen molar-refractivity contribution in [2.45, 2.75) is 13.3 Å². The zero-order chi connectivity index (χ0) is 16.2. The van der Waals surface area contributed by atoms with Crippen LogP contribution in [0.1, 0.15) is 11.4 Å². The molecule has 5 nitrogen and oxygen atoms in total. The molecule has 1 aromatic heterocycles. The van der Waals surface area contributed by atoms with Crippen LogP contribution < -0.4 is 5.32 Å². The maximum absolute atomic E-state index is 12.0. The first-order valence-electron chi connectivity index (χ1n) is 7.05. The van der Waals surface area contributed by atoms with Crippen LogP contribution in [0.2, 0.25) is 5.02 Å². The summed E-state index contributed by atoms with van der Waals surface area (Å²) in [5.74, 6) is 0.499. The molecule has 0 bridgehead atoms. The molecule has 0 saturated heterocycles. The van der Waals surface area contributed by atoms with Crippen LogP contribution >= 0.6 is 11.6 Å². The van der Waals surface area contributed by atoms with Crippen LogP contribution in [-0.2, 0) is 11.2 Å². The molecule has 3 rings (SSSR count). The Bertz CT molecular complexity index is 828. The topological polar surface area (TPSA) is 68.0 Å². The summed E-state index contributed by atoms with van der Waals surface area (Å²) >= 11 is 5.88. The molecule has 0 radical (unpaired) electrons. The number of nitrogens with one attached hydrogen (secondary N) is 1. The third kappa shape index (κ3) is 3.96. The molecule has 0 aliphatic heterocycles. The van der Waals surface area contributed by atoms with E-state index < -0.39 is 0 Å². The molecule has 0 aliphatic rings. The summed E-state index contributed by atoms with van der Waals surface area (Å²) in [5, 5.41) is 7.14. The SMILES string of the molecule is Cc1ccc(-c2nc(CC(=O)Nc3cccc(Cl)c3)no2)cc1. The second kappa shape index (κ2) is 6.62. The molecule has 1 heterocycles. The van der Waals surface area contributed by atoms with Crippen molar-refractivity contribution in [3.8, 4) is 11.5 Å². The maximum atomic E-state index is 12.0. The van der Waals surface area contributed by atoms with Gasteiger partial charge in [0.25, 0.3) is 5.89 Å². The largest absolute Gasteiger partial charge is 0.334 e. The van der Waals surface area contributed by atoms with Crippen LogP contribution in [0.25, 0.3) is 11.5 Å². The zero-order valence-electron chi connectivity index (χ0n) is 12.4. The van der Waals surface area contributed by atoms with Gasteiger partial charge in [-0.05, 0) is 37.3 Å². The second-order valence-corrected chi connectivity index (χ2v) is 5.55. The lowest BCUT2D eigenvalue weighted by Gasteiger charge is -2.03. The lowest BCUT2D eigenvalue weighted by atomic mass is 10.1. The minimum absolute atomic E-state index is 0.0296. The van der Waals surface area contributed by atoms with Gasteiger partial charge in [0.05, 0.1) is 6.42 Å². The standard InChI is InChI=1S/C17H14ClN3O2/c1-11-5-7-12(8-6-11)17-20-15(21-23-17)10-16(22)19-14-4-2-3-13(18)9-14/h2-9H,10H2,1H3,(H,19,22). The molecule has 0 spiro atoms. The van der Waals surface area contributed by atoms with Gasteiger partial charge in [-0.2, -0.15) is 4.98 Å². The highest BCUT2D eigenvalue weighted by molar-refractivity contribution is 6.30. The van der Waals surface area contributed by atoms with Gasteiger partial charge in [-0.25, -0.2) is 0 Å². The Labute approximate surface area is 138 Å². The Kier molecular flexibility index (Phi) is 4.39. The Morgan fingerprint density at radius 3 is 2.74 bits per heavy atom. The van der Waals surface area contributed by atoms with Crippen molar-refractivity contribution in [2.75, 3.05) is 5.32 Å². The molecular formula is C17H14ClN3O2. The molecule has 3 aromatic rings. The predicted octanol–water partition coefficient (Wildman–Crippen LogP) is 3.88. The monoisotopic (exact) mass is 327 g/mol. The van der Waals surface area contributed by atoms with E-state index in [2.05, 4.69) is 15.5 Å². The smallest absolute Gasteiger partial charge is 0.257 e. The highest BCUT2D eigenvalue weighted by Crippen LogP contribution is 2.18. The van der Waals surface area contributed by atoms with Gasteiger partial charge in [0.2, 0.25) is 5.91 Å². The first-order chi connectivity index (χ1) is 11.1. The number of aryl methyl sites for hydroxylation is 1. The highest BCUT2D eigenvalue weighted by Gasteiger charge is 2.12. The van der Waals surface area contributed by atoms with Gasteiger partial charge in [0.15, 0.2) is 5.82 Å². The molecule has 23 heavy (non-hydrogen) atoms. The zero-order valence-corrected chi connectivity index (χ0v) is 13.2. The number of aromatic nitrogens is 2. The van der Waals surface area contributed by atoms with Gasteiger partial charge in [-0.15, -0.1) is 0 Å². The molecule has 116 valence electrons.